The highest BCUT2D eigenvalue weighted by atomic mass is 16.5. The Balaban J connectivity index is 1.51. The summed E-state index contributed by atoms with van der Waals surface area (Å²) in [6.07, 6.45) is 6.57. The quantitative estimate of drug-likeness (QED) is 0.686. The number of methoxy groups -OCH3 is 2. The van der Waals surface area contributed by atoms with Gasteiger partial charge in [-0.3, -0.25) is 4.79 Å². The van der Waals surface area contributed by atoms with Gasteiger partial charge in [0.1, 0.15) is 17.2 Å². The topological polar surface area (TPSA) is 48.0 Å². The van der Waals surface area contributed by atoms with Crippen LogP contribution in [0.2, 0.25) is 0 Å². The van der Waals surface area contributed by atoms with Gasteiger partial charge in [0.15, 0.2) is 0 Å². The first-order valence-electron chi connectivity index (χ1n) is 9.63. The van der Waals surface area contributed by atoms with E-state index in [1.807, 2.05) is 41.3 Å². The average molecular weight is 379 g/mol. The lowest BCUT2D eigenvalue weighted by Crippen LogP contribution is -2.31. The summed E-state index contributed by atoms with van der Waals surface area (Å²) in [5, 5.41) is 0. The van der Waals surface area contributed by atoms with Gasteiger partial charge in [-0.15, -0.1) is 0 Å². The summed E-state index contributed by atoms with van der Waals surface area (Å²) < 4.78 is 16.3. The molecule has 1 aliphatic heterocycles. The second-order valence-corrected chi connectivity index (χ2v) is 7.17. The van der Waals surface area contributed by atoms with Crippen LogP contribution in [-0.2, 0) is 17.8 Å². The van der Waals surface area contributed by atoms with Crippen LogP contribution in [0.3, 0.4) is 0 Å². The Morgan fingerprint density at radius 2 is 2.04 bits per heavy atom. The van der Waals surface area contributed by atoms with E-state index < -0.39 is 0 Å². The van der Waals surface area contributed by atoms with Gasteiger partial charge in [-0.2, -0.15) is 0 Å². The van der Waals surface area contributed by atoms with E-state index in [9.17, 15) is 4.79 Å². The molecule has 146 valence electrons. The second kappa shape index (κ2) is 7.97. The number of ether oxygens (including phenoxy) is 3. The zero-order chi connectivity index (χ0) is 19.5. The zero-order valence-electron chi connectivity index (χ0n) is 16.3. The van der Waals surface area contributed by atoms with Crippen molar-refractivity contribution in [1.82, 2.24) is 4.90 Å². The van der Waals surface area contributed by atoms with E-state index in [1.54, 1.807) is 20.3 Å². The van der Waals surface area contributed by atoms with E-state index in [4.69, 9.17) is 14.2 Å². The van der Waals surface area contributed by atoms with Crippen LogP contribution in [0, 0.1) is 0 Å². The smallest absolute Gasteiger partial charge is 0.247 e. The average Bonchev–Trinajstić information content (AvgIpc) is 3.46. The summed E-state index contributed by atoms with van der Waals surface area (Å²) >= 11 is 0. The van der Waals surface area contributed by atoms with Gasteiger partial charge in [-0.25, -0.2) is 0 Å². The molecular weight excluding hydrogens is 354 g/mol. The van der Waals surface area contributed by atoms with Crippen LogP contribution in [0.15, 0.2) is 42.5 Å². The molecule has 1 aliphatic carbocycles. The lowest BCUT2D eigenvalue weighted by Gasteiger charge is -2.22. The largest absolute Gasteiger partial charge is 0.497 e. The third-order valence-corrected chi connectivity index (χ3v) is 5.23. The Morgan fingerprint density at radius 3 is 2.79 bits per heavy atom. The zero-order valence-corrected chi connectivity index (χ0v) is 16.3. The summed E-state index contributed by atoms with van der Waals surface area (Å²) in [4.78, 5) is 14.9. The number of benzene rings is 2. The first-order chi connectivity index (χ1) is 13.7. The minimum atomic E-state index is 0.0177. The summed E-state index contributed by atoms with van der Waals surface area (Å²) in [6, 6.07) is 12.0. The number of hydrogen-bond acceptors (Lipinski definition) is 4. The molecule has 0 unspecified atom stereocenters. The van der Waals surface area contributed by atoms with Crippen LogP contribution in [0.5, 0.6) is 17.2 Å². The van der Waals surface area contributed by atoms with Gasteiger partial charge in [0.2, 0.25) is 5.91 Å². The molecule has 1 heterocycles. The number of hydrogen-bond donors (Lipinski definition) is 0. The number of carbonyl (C=O) groups is 1. The first-order valence-corrected chi connectivity index (χ1v) is 9.63. The van der Waals surface area contributed by atoms with Gasteiger partial charge in [0.25, 0.3) is 0 Å². The molecule has 2 aliphatic rings. The predicted molar refractivity (Wildman–Crippen MR) is 108 cm³/mol. The molecule has 5 nitrogen and oxygen atoms in total. The van der Waals surface area contributed by atoms with Crippen molar-refractivity contribution in [3.05, 3.63) is 59.2 Å². The van der Waals surface area contributed by atoms with Crippen molar-refractivity contribution in [2.45, 2.75) is 31.8 Å². The Morgan fingerprint density at radius 1 is 1.18 bits per heavy atom. The molecule has 0 N–H and O–H groups in total. The normalized spacial score (nSPS) is 15.2. The highest BCUT2D eigenvalue weighted by molar-refractivity contribution is 5.92. The molecule has 0 saturated heterocycles. The molecule has 1 saturated carbocycles. The van der Waals surface area contributed by atoms with Crippen LogP contribution in [0.1, 0.15) is 29.5 Å². The molecule has 1 amide bonds. The molecule has 28 heavy (non-hydrogen) atoms. The van der Waals surface area contributed by atoms with Gasteiger partial charge in [0.05, 0.1) is 27.4 Å². The van der Waals surface area contributed by atoms with Gasteiger partial charge in [0, 0.05) is 24.1 Å². The third-order valence-electron chi connectivity index (χ3n) is 5.23. The highest BCUT2D eigenvalue weighted by Crippen LogP contribution is 2.32. The van der Waals surface area contributed by atoms with Gasteiger partial charge >= 0.3 is 0 Å². The van der Waals surface area contributed by atoms with Crippen molar-refractivity contribution in [3.63, 3.8) is 0 Å². The Kier molecular flexibility index (Phi) is 5.24. The van der Waals surface area contributed by atoms with E-state index in [0.717, 1.165) is 54.2 Å². The maximum absolute atomic E-state index is 12.9. The molecule has 1 fully saturated rings. The number of rotatable bonds is 7. The molecule has 0 spiro atoms. The molecular formula is C23H25NO4. The Bertz CT molecular complexity index is 901. The summed E-state index contributed by atoms with van der Waals surface area (Å²) in [5.74, 6) is 2.49. The second-order valence-electron chi connectivity index (χ2n) is 7.17. The minimum Gasteiger partial charge on any atom is -0.497 e. The first kappa shape index (κ1) is 18.4. The highest BCUT2D eigenvalue weighted by Gasteiger charge is 2.32. The Hall–Kier alpha value is -2.95. The lowest BCUT2D eigenvalue weighted by molar-refractivity contribution is -0.127. The fourth-order valence-electron chi connectivity index (χ4n) is 3.54. The molecule has 4 rings (SSSR count). The van der Waals surface area contributed by atoms with E-state index in [2.05, 4.69) is 6.07 Å². The molecule has 0 aromatic heterocycles. The molecule has 0 bridgehead atoms. The SMILES string of the molecule is COc1ccc(OC)c(CN(C(=O)/C=C/c2ccc3c(c2)CCO3)C2CC2)c1. The molecule has 2 aromatic carbocycles. The van der Waals surface area contributed by atoms with Crippen LogP contribution in [0.4, 0.5) is 0 Å². The van der Waals surface area contributed by atoms with E-state index >= 15 is 0 Å². The number of carbonyl (C=O) groups excluding carboxylic acids is 1. The fourth-order valence-corrected chi connectivity index (χ4v) is 3.54. The van der Waals surface area contributed by atoms with Crippen molar-refractivity contribution in [2.24, 2.45) is 0 Å². The number of fused-ring (bicyclic) bond motifs is 1. The predicted octanol–water partition coefficient (Wildman–Crippen LogP) is 3.84. The summed E-state index contributed by atoms with van der Waals surface area (Å²) in [7, 11) is 3.28. The monoisotopic (exact) mass is 379 g/mol. The molecule has 2 aromatic rings. The van der Waals surface area contributed by atoms with Crippen LogP contribution < -0.4 is 14.2 Å². The third kappa shape index (κ3) is 3.98. The maximum Gasteiger partial charge on any atom is 0.247 e. The van der Waals surface area contributed by atoms with Gasteiger partial charge < -0.3 is 19.1 Å². The lowest BCUT2D eigenvalue weighted by atomic mass is 10.1. The molecule has 0 atom stereocenters. The van der Waals surface area contributed by atoms with Crippen molar-refractivity contribution in [3.8, 4) is 17.2 Å². The van der Waals surface area contributed by atoms with Crippen molar-refractivity contribution in [2.75, 3.05) is 20.8 Å². The summed E-state index contributed by atoms with van der Waals surface area (Å²) in [5.41, 5.74) is 3.17. The van der Waals surface area contributed by atoms with Crippen LogP contribution in [0.25, 0.3) is 6.08 Å². The van der Waals surface area contributed by atoms with Crippen molar-refractivity contribution < 1.29 is 19.0 Å². The minimum absolute atomic E-state index is 0.0177. The summed E-state index contributed by atoms with van der Waals surface area (Å²) in [6.45, 7) is 1.24. The van der Waals surface area contributed by atoms with Crippen molar-refractivity contribution >= 4 is 12.0 Å². The van der Waals surface area contributed by atoms with Gasteiger partial charge in [-0.1, -0.05) is 6.07 Å². The van der Waals surface area contributed by atoms with Gasteiger partial charge in [-0.05, 0) is 60.4 Å². The van der Waals surface area contributed by atoms with E-state index in [-0.39, 0.29) is 5.91 Å². The molecule has 0 radical (unpaired) electrons. The maximum atomic E-state index is 12.9. The number of nitrogens with zero attached hydrogens (tertiary/aromatic N) is 1. The van der Waals surface area contributed by atoms with Crippen LogP contribution in [-0.4, -0.2) is 37.7 Å². The Labute approximate surface area is 165 Å². The van der Waals surface area contributed by atoms with E-state index in [1.165, 1.54) is 5.56 Å². The van der Waals surface area contributed by atoms with E-state index in [0.29, 0.717) is 12.6 Å². The van der Waals surface area contributed by atoms with Crippen LogP contribution >= 0.6 is 0 Å². The molecule has 5 heteroatoms. The van der Waals surface area contributed by atoms with Crippen molar-refractivity contribution in [1.29, 1.82) is 0 Å². The fraction of sp³-hybridized carbons (Fsp3) is 0.348. The standard InChI is InChI=1S/C23H25NO4/c1-26-20-7-9-21(27-2)18(14-20)15-24(19-5-6-19)23(25)10-4-16-3-8-22-17(13-16)11-12-28-22/h3-4,7-10,13-14,19H,5-6,11-12,15H2,1-2H3/b10-4+. The number of amides is 1.